The zero-order valence-corrected chi connectivity index (χ0v) is 19.1. The van der Waals surface area contributed by atoms with Crippen molar-refractivity contribution in [1.82, 2.24) is 14.1 Å². The predicted octanol–water partition coefficient (Wildman–Crippen LogP) is 2.96. The van der Waals surface area contributed by atoms with Gasteiger partial charge in [0.05, 0.1) is 6.54 Å². The fourth-order valence-corrected chi connectivity index (χ4v) is 5.15. The quantitative estimate of drug-likeness (QED) is 0.683. The van der Waals surface area contributed by atoms with E-state index in [2.05, 4.69) is 0 Å². The van der Waals surface area contributed by atoms with E-state index in [1.807, 2.05) is 60.9 Å². The minimum absolute atomic E-state index is 0.00163. The van der Waals surface area contributed by atoms with Crippen molar-refractivity contribution in [2.75, 3.05) is 32.7 Å². The number of nitrogens with zero attached hydrogens (tertiary/aromatic N) is 3. The SMILES string of the molecule is CC(C)(C)N(Cc1ccccc1)C(=O)CN1CCN(S(=O)(=O)c2ccccc2F)CC1. The number of piperazine rings is 1. The molecule has 1 fully saturated rings. The summed E-state index contributed by atoms with van der Waals surface area (Å²) in [4.78, 5) is 16.6. The summed E-state index contributed by atoms with van der Waals surface area (Å²) in [5, 5.41) is 0. The number of carbonyl (C=O) groups excluding carboxylic acids is 1. The Morgan fingerprint density at radius 3 is 2.13 bits per heavy atom. The molecule has 3 rings (SSSR count). The first kappa shape index (κ1) is 23.4. The van der Waals surface area contributed by atoms with E-state index >= 15 is 0 Å². The van der Waals surface area contributed by atoms with Crippen molar-refractivity contribution in [2.45, 2.75) is 37.8 Å². The first-order chi connectivity index (χ1) is 14.6. The Labute approximate surface area is 184 Å². The smallest absolute Gasteiger partial charge is 0.246 e. The Bertz CT molecular complexity index is 998. The van der Waals surface area contributed by atoms with Gasteiger partial charge >= 0.3 is 0 Å². The maximum absolute atomic E-state index is 14.0. The second-order valence-electron chi connectivity index (χ2n) is 8.75. The average molecular weight is 448 g/mol. The van der Waals surface area contributed by atoms with Gasteiger partial charge in [-0.25, -0.2) is 12.8 Å². The number of rotatable bonds is 6. The maximum atomic E-state index is 14.0. The van der Waals surface area contributed by atoms with Gasteiger partial charge in [0, 0.05) is 38.3 Å². The molecule has 0 unspecified atom stereocenters. The van der Waals surface area contributed by atoms with E-state index < -0.39 is 15.8 Å². The summed E-state index contributed by atoms with van der Waals surface area (Å²) in [5.74, 6) is -0.747. The largest absolute Gasteiger partial charge is 0.332 e. The minimum Gasteiger partial charge on any atom is -0.332 e. The molecule has 0 aromatic heterocycles. The molecule has 0 atom stereocenters. The third kappa shape index (κ3) is 5.70. The lowest BCUT2D eigenvalue weighted by atomic mass is 10.0. The molecule has 8 heteroatoms. The molecule has 31 heavy (non-hydrogen) atoms. The Balaban J connectivity index is 1.63. The molecule has 2 aromatic carbocycles. The molecule has 0 saturated carbocycles. The number of hydrogen-bond acceptors (Lipinski definition) is 4. The van der Waals surface area contributed by atoms with Crippen LogP contribution in [-0.2, 0) is 21.4 Å². The maximum Gasteiger partial charge on any atom is 0.246 e. The number of halogens is 1. The van der Waals surface area contributed by atoms with E-state index in [1.54, 1.807) is 0 Å². The third-order valence-electron chi connectivity index (χ3n) is 5.44. The topological polar surface area (TPSA) is 60.9 Å². The summed E-state index contributed by atoms with van der Waals surface area (Å²) < 4.78 is 40.8. The highest BCUT2D eigenvalue weighted by molar-refractivity contribution is 7.89. The molecular weight excluding hydrogens is 417 g/mol. The highest BCUT2D eigenvalue weighted by Gasteiger charge is 2.33. The van der Waals surface area contributed by atoms with Gasteiger partial charge in [-0.05, 0) is 38.5 Å². The first-order valence-corrected chi connectivity index (χ1v) is 11.8. The van der Waals surface area contributed by atoms with Crippen LogP contribution < -0.4 is 0 Å². The Hall–Kier alpha value is -2.29. The molecule has 0 spiro atoms. The van der Waals surface area contributed by atoms with Crippen LogP contribution in [0.4, 0.5) is 4.39 Å². The summed E-state index contributed by atoms with van der Waals surface area (Å²) >= 11 is 0. The molecule has 2 aromatic rings. The van der Waals surface area contributed by atoms with Crippen molar-refractivity contribution in [2.24, 2.45) is 0 Å². The Morgan fingerprint density at radius 2 is 1.55 bits per heavy atom. The second kappa shape index (κ2) is 9.46. The van der Waals surface area contributed by atoms with E-state index in [4.69, 9.17) is 0 Å². The molecule has 1 aliphatic heterocycles. The van der Waals surface area contributed by atoms with Gasteiger partial charge in [0.2, 0.25) is 15.9 Å². The van der Waals surface area contributed by atoms with E-state index in [-0.39, 0.29) is 36.0 Å². The number of sulfonamides is 1. The molecule has 1 heterocycles. The summed E-state index contributed by atoms with van der Waals surface area (Å²) in [7, 11) is -3.89. The molecule has 1 amide bonds. The van der Waals surface area contributed by atoms with Gasteiger partial charge in [-0.15, -0.1) is 0 Å². The lowest BCUT2D eigenvalue weighted by Crippen LogP contribution is -2.53. The van der Waals surface area contributed by atoms with Crippen molar-refractivity contribution in [1.29, 1.82) is 0 Å². The zero-order valence-electron chi connectivity index (χ0n) is 18.3. The fraction of sp³-hybridized carbons (Fsp3) is 0.435. The molecule has 168 valence electrons. The lowest BCUT2D eigenvalue weighted by Gasteiger charge is -2.39. The fourth-order valence-electron chi connectivity index (χ4n) is 3.66. The molecule has 1 saturated heterocycles. The lowest BCUT2D eigenvalue weighted by molar-refractivity contribution is -0.138. The number of amides is 1. The zero-order chi connectivity index (χ0) is 22.6. The molecule has 6 nitrogen and oxygen atoms in total. The van der Waals surface area contributed by atoms with E-state index in [0.29, 0.717) is 19.6 Å². The van der Waals surface area contributed by atoms with Gasteiger partial charge in [0.1, 0.15) is 10.7 Å². The average Bonchev–Trinajstić information content (AvgIpc) is 2.72. The van der Waals surface area contributed by atoms with Crippen LogP contribution in [0.25, 0.3) is 0 Å². The number of hydrogen-bond donors (Lipinski definition) is 0. The van der Waals surface area contributed by atoms with Crippen LogP contribution in [0, 0.1) is 5.82 Å². The van der Waals surface area contributed by atoms with Crippen LogP contribution in [0.2, 0.25) is 0 Å². The van der Waals surface area contributed by atoms with Crippen LogP contribution in [0.3, 0.4) is 0 Å². The molecule has 0 aliphatic carbocycles. The first-order valence-electron chi connectivity index (χ1n) is 10.4. The predicted molar refractivity (Wildman–Crippen MR) is 118 cm³/mol. The summed E-state index contributed by atoms with van der Waals surface area (Å²) in [6, 6.07) is 15.3. The van der Waals surface area contributed by atoms with E-state index in [0.717, 1.165) is 11.6 Å². The highest BCUT2D eigenvalue weighted by Crippen LogP contribution is 2.21. The van der Waals surface area contributed by atoms with Crippen molar-refractivity contribution >= 4 is 15.9 Å². The normalized spacial score (nSPS) is 16.3. The van der Waals surface area contributed by atoms with Crippen molar-refractivity contribution < 1.29 is 17.6 Å². The van der Waals surface area contributed by atoms with Crippen LogP contribution in [0.1, 0.15) is 26.3 Å². The van der Waals surface area contributed by atoms with Crippen molar-refractivity contribution in [3.63, 3.8) is 0 Å². The van der Waals surface area contributed by atoms with E-state index in [1.165, 1.54) is 22.5 Å². The van der Waals surface area contributed by atoms with E-state index in [9.17, 15) is 17.6 Å². The minimum atomic E-state index is -3.89. The van der Waals surface area contributed by atoms with Gasteiger partial charge in [0.25, 0.3) is 0 Å². The Kier molecular flexibility index (Phi) is 7.13. The molecular formula is C23H30FN3O3S. The standard InChI is InChI=1S/C23H30FN3O3S/c1-23(2,3)27(17-19-9-5-4-6-10-19)22(28)18-25-13-15-26(16-14-25)31(29,30)21-12-8-7-11-20(21)24/h4-12H,13-18H2,1-3H3. The third-order valence-corrected chi connectivity index (χ3v) is 7.37. The van der Waals surface area contributed by atoms with Crippen LogP contribution in [-0.4, -0.2) is 66.7 Å². The van der Waals surface area contributed by atoms with Gasteiger partial charge in [-0.2, -0.15) is 4.31 Å². The van der Waals surface area contributed by atoms with Crippen LogP contribution in [0.5, 0.6) is 0 Å². The van der Waals surface area contributed by atoms with Crippen LogP contribution in [0.15, 0.2) is 59.5 Å². The van der Waals surface area contributed by atoms with Gasteiger partial charge < -0.3 is 4.90 Å². The highest BCUT2D eigenvalue weighted by atomic mass is 32.2. The summed E-state index contributed by atoms with van der Waals surface area (Å²) in [5.41, 5.74) is 0.717. The van der Waals surface area contributed by atoms with Crippen molar-refractivity contribution in [3.8, 4) is 0 Å². The Morgan fingerprint density at radius 1 is 0.968 bits per heavy atom. The molecule has 1 aliphatic rings. The van der Waals surface area contributed by atoms with Crippen molar-refractivity contribution in [3.05, 3.63) is 66.0 Å². The molecule has 0 N–H and O–H groups in total. The van der Waals surface area contributed by atoms with Gasteiger partial charge in [0.15, 0.2) is 0 Å². The number of benzene rings is 2. The molecule has 0 bridgehead atoms. The van der Waals surface area contributed by atoms with Crippen LogP contribution >= 0.6 is 0 Å². The van der Waals surface area contributed by atoms with Gasteiger partial charge in [-0.1, -0.05) is 42.5 Å². The summed E-state index contributed by atoms with van der Waals surface area (Å²) in [6.45, 7) is 8.04. The van der Waals surface area contributed by atoms with Gasteiger partial charge in [-0.3, -0.25) is 9.69 Å². The molecule has 0 radical (unpaired) electrons. The summed E-state index contributed by atoms with van der Waals surface area (Å²) in [6.07, 6.45) is 0. The second-order valence-corrected chi connectivity index (χ2v) is 10.7. The number of carbonyl (C=O) groups is 1. The monoisotopic (exact) mass is 447 g/mol.